The first-order valence-corrected chi connectivity index (χ1v) is 7.00. The van der Waals surface area contributed by atoms with Crippen LogP contribution in [0.25, 0.3) is 0 Å². The van der Waals surface area contributed by atoms with Crippen molar-refractivity contribution in [2.75, 3.05) is 0 Å². The fourth-order valence-electron chi connectivity index (χ4n) is 2.98. The molecule has 1 aromatic heterocycles. The average molecular weight is 255 g/mol. The Morgan fingerprint density at radius 1 is 1.32 bits per heavy atom. The minimum Gasteiger partial charge on any atom is -0.321 e. The van der Waals surface area contributed by atoms with Crippen LogP contribution in [0.2, 0.25) is 0 Å². The highest BCUT2D eigenvalue weighted by Gasteiger charge is 2.35. The van der Waals surface area contributed by atoms with Gasteiger partial charge in [-0.05, 0) is 43.9 Å². The van der Waals surface area contributed by atoms with Crippen molar-refractivity contribution in [3.05, 3.63) is 53.3 Å². The van der Waals surface area contributed by atoms with Crippen LogP contribution in [0.3, 0.4) is 0 Å². The number of rotatable bonds is 3. The fourth-order valence-corrected chi connectivity index (χ4v) is 2.98. The van der Waals surface area contributed by atoms with Gasteiger partial charge in [0.1, 0.15) is 0 Å². The van der Waals surface area contributed by atoms with Crippen LogP contribution in [-0.2, 0) is 18.4 Å². The Morgan fingerprint density at radius 3 is 2.84 bits per heavy atom. The molecule has 0 spiro atoms. The molecule has 2 aromatic rings. The summed E-state index contributed by atoms with van der Waals surface area (Å²) >= 11 is 0. The van der Waals surface area contributed by atoms with Gasteiger partial charge in [-0.25, -0.2) is 0 Å². The van der Waals surface area contributed by atoms with Gasteiger partial charge in [0.05, 0.1) is 5.69 Å². The first-order chi connectivity index (χ1) is 9.08. The largest absolute Gasteiger partial charge is 0.321 e. The zero-order chi connectivity index (χ0) is 13.5. The maximum Gasteiger partial charge on any atom is 0.0646 e. The summed E-state index contributed by atoms with van der Waals surface area (Å²) in [5.41, 5.74) is 10.2. The van der Waals surface area contributed by atoms with Gasteiger partial charge >= 0.3 is 0 Å². The van der Waals surface area contributed by atoms with Crippen LogP contribution >= 0.6 is 0 Å². The first kappa shape index (κ1) is 12.4. The second kappa shape index (κ2) is 4.49. The number of fused-ring (bicyclic) bond motifs is 1. The zero-order valence-electron chi connectivity index (χ0n) is 11.6. The maximum absolute atomic E-state index is 6.64. The number of aromatic nitrogens is 2. The van der Waals surface area contributed by atoms with Crippen LogP contribution < -0.4 is 5.73 Å². The Kier molecular flexibility index (Phi) is 2.94. The third-order valence-corrected chi connectivity index (χ3v) is 4.08. The average Bonchev–Trinajstić information content (AvgIpc) is 2.97. The molecule has 0 saturated heterocycles. The van der Waals surface area contributed by atoms with E-state index in [4.69, 9.17) is 5.73 Å². The topological polar surface area (TPSA) is 43.8 Å². The highest BCUT2D eigenvalue weighted by Crippen LogP contribution is 2.36. The number of aryl methyl sites for hydroxylation is 1. The molecule has 1 aliphatic rings. The standard InChI is InChI=1S/C16H21N3/c1-12(2)19-10-8-14(18-19)11-16(17)9-7-13-5-3-4-6-15(13)16/h3-6,8,10,12H,7,9,11,17H2,1-2H3. The minimum absolute atomic E-state index is 0.243. The Balaban J connectivity index is 1.87. The molecule has 0 radical (unpaired) electrons. The van der Waals surface area contributed by atoms with E-state index in [0.717, 1.165) is 25.0 Å². The SMILES string of the molecule is CC(C)n1ccc(CC2(N)CCc3ccccc32)n1. The minimum atomic E-state index is -0.243. The zero-order valence-corrected chi connectivity index (χ0v) is 11.6. The van der Waals surface area contributed by atoms with Crippen molar-refractivity contribution < 1.29 is 0 Å². The van der Waals surface area contributed by atoms with Gasteiger partial charge in [-0.15, -0.1) is 0 Å². The van der Waals surface area contributed by atoms with Gasteiger partial charge in [-0.3, -0.25) is 4.68 Å². The monoisotopic (exact) mass is 255 g/mol. The van der Waals surface area contributed by atoms with E-state index in [1.165, 1.54) is 11.1 Å². The second-order valence-corrected chi connectivity index (χ2v) is 5.87. The molecule has 2 N–H and O–H groups in total. The molecule has 3 rings (SSSR count). The van der Waals surface area contributed by atoms with Crippen molar-refractivity contribution in [1.29, 1.82) is 0 Å². The van der Waals surface area contributed by atoms with E-state index in [-0.39, 0.29) is 5.54 Å². The lowest BCUT2D eigenvalue weighted by molar-refractivity contribution is 0.427. The van der Waals surface area contributed by atoms with E-state index in [1.54, 1.807) is 0 Å². The second-order valence-electron chi connectivity index (χ2n) is 5.87. The van der Waals surface area contributed by atoms with Gasteiger partial charge in [0.25, 0.3) is 0 Å². The predicted molar refractivity (Wildman–Crippen MR) is 76.9 cm³/mol. The third kappa shape index (κ3) is 2.19. The molecule has 0 aliphatic heterocycles. The molecule has 1 unspecified atom stereocenters. The third-order valence-electron chi connectivity index (χ3n) is 4.08. The molecule has 19 heavy (non-hydrogen) atoms. The summed E-state index contributed by atoms with van der Waals surface area (Å²) in [4.78, 5) is 0. The Hall–Kier alpha value is -1.61. The molecule has 1 heterocycles. The molecule has 3 heteroatoms. The molecule has 1 aromatic carbocycles. The number of hydrogen-bond donors (Lipinski definition) is 1. The van der Waals surface area contributed by atoms with Gasteiger partial charge in [-0.1, -0.05) is 24.3 Å². The summed E-state index contributed by atoms with van der Waals surface area (Å²) in [6, 6.07) is 11.0. The quantitative estimate of drug-likeness (QED) is 0.916. The molecule has 100 valence electrons. The molecular formula is C16H21N3. The van der Waals surface area contributed by atoms with Crippen molar-refractivity contribution in [3.8, 4) is 0 Å². The Bertz CT molecular complexity index is 585. The maximum atomic E-state index is 6.64. The molecule has 1 aliphatic carbocycles. The Morgan fingerprint density at radius 2 is 2.11 bits per heavy atom. The van der Waals surface area contributed by atoms with Crippen molar-refractivity contribution in [2.45, 2.75) is 44.7 Å². The molecule has 0 bridgehead atoms. The lowest BCUT2D eigenvalue weighted by Gasteiger charge is -2.24. The summed E-state index contributed by atoms with van der Waals surface area (Å²) in [6.45, 7) is 4.28. The number of hydrogen-bond acceptors (Lipinski definition) is 2. The highest BCUT2D eigenvalue weighted by atomic mass is 15.3. The summed E-state index contributed by atoms with van der Waals surface area (Å²) in [5.74, 6) is 0. The number of nitrogens with zero attached hydrogens (tertiary/aromatic N) is 2. The van der Waals surface area contributed by atoms with Crippen LogP contribution in [0.4, 0.5) is 0 Å². The van der Waals surface area contributed by atoms with E-state index in [2.05, 4.69) is 49.3 Å². The molecule has 3 nitrogen and oxygen atoms in total. The van der Waals surface area contributed by atoms with Gasteiger partial charge in [0, 0.05) is 24.2 Å². The lowest BCUT2D eigenvalue weighted by Crippen LogP contribution is -2.36. The van der Waals surface area contributed by atoms with Crippen molar-refractivity contribution >= 4 is 0 Å². The highest BCUT2D eigenvalue weighted by molar-refractivity contribution is 5.39. The molecule has 0 amide bonds. The van der Waals surface area contributed by atoms with Crippen molar-refractivity contribution in [1.82, 2.24) is 9.78 Å². The van der Waals surface area contributed by atoms with E-state index < -0.39 is 0 Å². The fraction of sp³-hybridized carbons (Fsp3) is 0.438. The van der Waals surface area contributed by atoms with Gasteiger partial charge in [0.2, 0.25) is 0 Å². The molecule has 0 saturated carbocycles. The van der Waals surface area contributed by atoms with Gasteiger partial charge in [-0.2, -0.15) is 5.10 Å². The van der Waals surface area contributed by atoms with Crippen LogP contribution in [0.1, 0.15) is 43.1 Å². The van der Waals surface area contributed by atoms with Crippen molar-refractivity contribution in [3.63, 3.8) is 0 Å². The van der Waals surface area contributed by atoms with E-state index in [9.17, 15) is 0 Å². The van der Waals surface area contributed by atoms with Crippen LogP contribution in [0.15, 0.2) is 36.5 Å². The van der Waals surface area contributed by atoms with Crippen LogP contribution in [-0.4, -0.2) is 9.78 Å². The van der Waals surface area contributed by atoms with Gasteiger partial charge < -0.3 is 5.73 Å². The molecule has 1 atom stereocenters. The smallest absolute Gasteiger partial charge is 0.0646 e. The number of benzene rings is 1. The normalized spacial score (nSPS) is 21.9. The molecular weight excluding hydrogens is 234 g/mol. The summed E-state index contributed by atoms with van der Waals surface area (Å²) in [5, 5.41) is 4.63. The van der Waals surface area contributed by atoms with Crippen LogP contribution in [0.5, 0.6) is 0 Å². The van der Waals surface area contributed by atoms with Crippen LogP contribution in [0, 0.1) is 0 Å². The van der Waals surface area contributed by atoms with Crippen molar-refractivity contribution in [2.24, 2.45) is 5.73 Å². The summed E-state index contributed by atoms with van der Waals surface area (Å²) in [6.07, 6.45) is 4.96. The molecule has 0 fully saturated rings. The van der Waals surface area contributed by atoms with E-state index in [0.29, 0.717) is 6.04 Å². The first-order valence-electron chi connectivity index (χ1n) is 7.00. The van der Waals surface area contributed by atoms with Gasteiger partial charge in [0.15, 0.2) is 0 Å². The predicted octanol–water partition coefficient (Wildman–Crippen LogP) is 2.81. The Labute approximate surface area is 114 Å². The van der Waals surface area contributed by atoms with E-state index in [1.807, 2.05) is 10.9 Å². The summed E-state index contributed by atoms with van der Waals surface area (Å²) < 4.78 is 2.00. The number of nitrogens with two attached hydrogens (primary N) is 1. The lowest BCUT2D eigenvalue weighted by atomic mass is 9.88. The van der Waals surface area contributed by atoms with E-state index >= 15 is 0 Å². The summed E-state index contributed by atoms with van der Waals surface area (Å²) in [7, 11) is 0.